The standard InChI is InChI=1S/C64H41NO/c1-3-17-46(18-4-1)61-56-25-12-11-24-54(56)55-39-34-48(41-59(55)62(61)47-19-5-2-6-20-47)42-29-35-49(36-30-42)65(50-37-31-45(32-38-50)52-26-13-21-43-15-7-9-22-51(43)52)60-28-14-27-57-58-40-33-44-16-8-10-23-53(44)63(58)66-64(57)60/h1-41H. The molecule has 0 saturated carbocycles. The van der Waals surface area contributed by atoms with Crippen molar-refractivity contribution in [1.82, 2.24) is 0 Å². The number of fused-ring (bicyclic) bond motifs is 9. The zero-order valence-electron chi connectivity index (χ0n) is 36.0. The van der Waals surface area contributed by atoms with Crippen molar-refractivity contribution in [3.05, 3.63) is 249 Å². The molecule has 12 aromatic carbocycles. The minimum Gasteiger partial charge on any atom is -0.453 e. The predicted molar refractivity (Wildman–Crippen MR) is 280 cm³/mol. The van der Waals surface area contributed by atoms with Gasteiger partial charge >= 0.3 is 0 Å². The average Bonchev–Trinajstić information content (AvgIpc) is 3.79. The summed E-state index contributed by atoms with van der Waals surface area (Å²) in [6.45, 7) is 0. The first-order valence-electron chi connectivity index (χ1n) is 22.7. The van der Waals surface area contributed by atoms with Gasteiger partial charge in [0.1, 0.15) is 5.58 Å². The van der Waals surface area contributed by atoms with E-state index in [-0.39, 0.29) is 0 Å². The van der Waals surface area contributed by atoms with Gasteiger partial charge in [-0.2, -0.15) is 0 Å². The van der Waals surface area contributed by atoms with Crippen LogP contribution in [0.3, 0.4) is 0 Å². The van der Waals surface area contributed by atoms with E-state index in [4.69, 9.17) is 4.42 Å². The highest BCUT2D eigenvalue weighted by Crippen LogP contribution is 2.47. The number of hydrogen-bond donors (Lipinski definition) is 0. The summed E-state index contributed by atoms with van der Waals surface area (Å²) in [6, 6.07) is 90.1. The molecule has 0 aliphatic carbocycles. The van der Waals surface area contributed by atoms with Crippen LogP contribution in [0.1, 0.15) is 0 Å². The molecule has 0 amide bonds. The molecule has 2 nitrogen and oxygen atoms in total. The van der Waals surface area contributed by atoms with Crippen LogP contribution in [0.5, 0.6) is 0 Å². The zero-order chi connectivity index (χ0) is 43.6. The first-order chi connectivity index (χ1) is 32.7. The maximum atomic E-state index is 6.97. The third-order valence-corrected chi connectivity index (χ3v) is 13.4. The highest BCUT2D eigenvalue weighted by atomic mass is 16.3. The van der Waals surface area contributed by atoms with Gasteiger partial charge in [-0.25, -0.2) is 0 Å². The van der Waals surface area contributed by atoms with Crippen LogP contribution in [0.25, 0.3) is 110 Å². The molecule has 1 aromatic heterocycles. The lowest BCUT2D eigenvalue weighted by molar-refractivity contribution is 0.673. The van der Waals surface area contributed by atoms with Gasteiger partial charge in [-0.3, -0.25) is 0 Å². The summed E-state index contributed by atoms with van der Waals surface area (Å²) in [5, 5.41) is 11.9. The molecule has 0 unspecified atom stereocenters. The number of nitrogens with zero attached hydrogens (tertiary/aromatic N) is 1. The molecule has 13 rings (SSSR count). The second kappa shape index (κ2) is 15.5. The number of furan rings is 1. The lowest BCUT2D eigenvalue weighted by Gasteiger charge is -2.26. The first-order valence-corrected chi connectivity index (χ1v) is 22.7. The van der Waals surface area contributed by atoms with Crippen LogP contribution in [0.15, 0.2) is 253 Å². The van der Waals surface area contributed by atoms with Gasteiger partial charge in [0.05, 0.1) is 5.69 Å². The van der Waals surface area contributed by atoms with Crippen molar-refractivity contribution in [3.63, 3.8) is 0 Å². The first kappa shape index (κ1) is 37.8. The molecule has 66 heavy (non-hydrogen) atoms. The largest absolute Gasteiger partial charge is 0.453 e. The van der Waals surface area contributed by atoms with Crippen molar-refractivity contribution in [3.8, 4) is 44.5 Å². The Bertz CT molecular complexity index is 3960. The van der Waals surface area contributed by atoms with Crippen LogP contribution in [0.4, 0.5) is 17.1 Å². The normalized spacial score (nSPS) is 11.6. The summed E-state index contributed by atoms with van der Waals surface area (Å²) >= 11 is 0. The van der Waals surface area contributed by atoms with Crippen LogP contribution < -0.4 is 4.90 Å². The Morgan fingerprint density at radius 3 is 1.45 bits per heavy atom. The molecule has 13 aromatic rings. The van der Waals surface area contributed by atoms with Gasteiger partial charge in [0.25, 0.3) is 0 Å². The van der Waals surface area contributed by atoms with Crippen LogP contribution in [0.2, 0.25) is 0 Å². The van der Waals surface area contributed by atoms with Gasteiger partial charge in [0, 0.05) is 27.5 Å². The molecule has 0 saturated heterocycles. The van der Waals surface area contributed by atoms with Crippen molar-refractivity contribution < 1.29 is 4.42 Å². The molecule has 1 heterocycles. The summed E-state index contributed by atoms with van der Waals surface area (Å²) in [5.41, 5.74) is 14.5. The van der Waals surface area contributed by atoms with E-state index in [1.54, 1.807) is 0 Å². The third-order valence-electron chi connectivity index (χ3n) is 13.4. The van der Waals surface area contributed by atoms with E-state index in [1.165, 1.54) is 65.7 Å². The second-order valence-corrected chi connectivity index (χ2v) is 17.2. The Kier molecular flexibility index (Phi) is 8.89. The monoisotopic (exact) mass is 839 g/mol. The fraction of sp³-hybridized carbons (Fsp3) is 0. The quantitative estimate of drug-likeness (QED) is 0.149. The molecule has 2 heteroatoms. The van der Waals surface area contributed by atoms with E-state index in [0.717, 1.165) is 60.9 Å². The molecule has 0 aliphatic rings. The van der Waals surface area contributed by atoms with Gasteiger partial charge in [-0.15, -0.1) is 0 Å². The number of para-hydroxylation sites is 1. The Morgan fingerprint density at radius 2 is 0.742 bits per heavy atom. The Hall–Kier alpha value is -8.72. The lowest BCUT2D eigenvalue weighted by atomic mass is 9.84. The molecule has 0 spiro atoms. The van der Waals surface area contributed by atoms with Crippen molar-refractivity contribution in [2.24, 2.45) is 0 Å². The molecule has 0 bridgehead atoms. The molecule has 0 fully saturated rings. The van der Waals surface area contributed by atoms with Crippen molar-refractivity contribution in [2.75, 3.05) is 4.90 Å². The van der Waals surface area contributed by atoms with Gasteiger partial charge in [0.15, 0.2) is 5.58 Å². The molecular formula is C64H41NO. The third kappa shape index (κ3) is 6.18. The fourth-order valence-corrected chi connectivity index (χ4v) is 10.4. The van der Waals surface area contributed by atoms with Crippen LogP contribution in [-0.4, -0.2) is 0 Å². The predicted octanol–water partition coefficient (Wildman–Crippen LogP) is 18.3. The van der Waals surface area contributed by atoms with Gasteiger partial charge in [-0.05, 0) is 125 Å². The summed E-state index contributed by atoms with van der Waals surface area (Å²) in [6.07, 6.45) is 0. The zero-order valence-corrected chi connectivity index (χ0v) is 36.0. The van der Waals surface area contributed by atoms with Crippen LogP contribution >= 0.6 is 0 Å². The van der Waals surface area contributed by atoms with Gasteiger partial charge in [0.2, 0.25) is 0 Å². The molecule has 308 valence electrons. The number of anilines is 3. The van der Waals surface area contributed by atoms with E-state index < -0.39 is 0 Å². The Morgan fingerprint density at radius 1 is 0.258 bits per heavy atom. The number of rotatable bonds is 7. The summed E-state index contributed by atoms with van der Waals surface area (Å²) in [7, 11) is 0. The molecule has 0 aliphatic heterocycles. The highest BCUT2D eigenvalue weighted by molar-refractivity contribution is 6.22. The molecule has 0 radical (unpaired) electrons. The maximum Gasteiger partial charge on any atom is 0.159 e. The van der Waals surface area contributed by atoms with Gasteiger partial charge in [-0.1, -0.05) is 206 Å². The molecular weight excluding hydrogens is 799 g/mol. The fourth-order valence-electron chi connectivity index (χ4n) is 10.4. The topological polar surface area (TPSA) is 16.4 Å². The Balaban J connectivity index is 0.979. The summed E-state index contributed by atoms with van der Waals surface area (Å²) in [5.74, 6) is 0. The number of benzene rings is 12. The molecule has 0 N–H and O–H groups in total. The van der Waals surface area contributed by atoms with E-state index in [2.05, 4.69) is 254 Å². The summed E-state index contributed by atoms with van der Waals surface area (Å²) < 4.78 is 6.97. The van der Waals surface area contributed by atoms with Gasteiger partial charge < -0.3 is 9.32 Å². The Labute approximate surface area is 382 Å². The SMILES string of the molecule is c1ccc(-c2c(-c3ccccc3)c3cc(-c4ccc(N(c5ccc(-c6cccc7ccccc67)cc5)c5cccc6c5oc5c7ccccc7ccc65)cc4)ccc3c3ccccc23)cc1. The summed E-state index contributed by atoms with van der Waals surface area (Å²) in [4.78, 5) is 2.34. The van der Waals surface area contributed by atoms with Crippen molar-refractivity contribution in [1.29, 1.82) is 0 Å². The molecule has 0 atom stereocenters. The van der Waals surface area contributed by atoms with E-state index >= 15 is 0 Å². The van der Waals surface area contributed by atoms with Crippen molar-refractivity contribution in [2.45, 2.75) is 0 Å². The minimum atomic E-state index is 0.857. The van der Waals surface area contributed by atoms with E-state index in [1.807, 2.05) is 0 Å². The maximum absolute atomic E-state index is 6.97. The van der Waals surface area contributed by atoms with Crippen LogP contribution in [-0.2, 0) is 0 Å². The average molecular weight is 840 g/mol. The lowest BCUT2D eigenvalue weighted by Crippen LogP contribution is -2.10. The van der Waals surface area contributed by atoms with E-state index in [0.29, 0.717) is 0 Å². The minimum absolute atomic E-state index is 0.857. The number of hydrogen-bond acceptors (Lipinski definition) is 2. The smallest absolute Gasteiger partial charge is 0.159 e. The van der Waals surface area contributed by atoms with Crippen molar-refractivity contribution >= 4 is 82.1 Å². The second-order valence-electron chi connectivity index (χ2n) is 17.2. The van der Waals surface area contributed by atoms with E-state index in [9.17, 15) is 0 Å². The highest BCUT2D eigenvalue weighted by Gasteiger charge is 2.22. The van der Waals surface area contributed by atoms with Crippen LogP contribution in [0, 0.1) is 0 Å².